The lowest BCUT2D eigenvalue weighted by Crippen LogP contribution is -2.34. The molecule has 0 aromatic heterocycles. The molecule has 5 aliphatic heterocycles. The van der Waals surface area contributed by atoms with Gasteiger partial charge >= 0.3 is 0 Å². The van der Waals surface area contributed by atoms with Gasteiger partial charge in [-0.15, -0.1) is 0 Å². The number of fused-ring (bicyclic) bond motifs is 4. The number of hydrogen-bond donors (Lipinski definition) is 0. The summed E-state index contributed by atoms with van der Waals surface area (Å²) in [5.74, 6) is 0. The second-order valence-corrected chi connectivity index (χ2v) is 20.6. The average molecular weight is 845 g/mol. The van der Waals surface area contributed by atoms with Crippen molar-refractivity contribution >= 4 is 67.9 Å². The van der Waals surface area contributed by atoms with E-state index in [0.717, 1.165) is 90.2 Å². The third-order valence-electron chi connectivity index (χ3n) is 12.3. The fourth-order valence-corrected chi connectivity index (χ4v) is 8.57. The van der Waals surface area contributed by atoms with Crippen LogP contribution in [-0.4, -0.2) is 107 Å². The summed E-state index contributed by atoms with van der Waals surface area (Å²) in [5, 5.41) is 0. The van der Waals surface area contributed by atoms with Crippen LogP contribution in [0.1, 0.15) is 22.3 Å². The Morgan fingerprint density at radius 2 is 0.406 bits per heavy atom. The van der Waals surface area contributed by atoms with E-state index >= 15 is 0 Å². The van der Waals surface area contributed by atoms with Crippen molar-refractivity contribution in [2.75, 3.05) is 84.6 Å². The Kier molecular flexibility index (Phi) is 10.3. The minimum Gasteiger partial charge on any atom is -0.298 e. The monoisotopic (exact) mass is 844 g/mol. The molecule has 0 aliphatic carbocycles. The topological polar surface area (TPSA) is 49.4 Å². The summed E-state index contributed by atoms with van der Waals surface area (Å²) >= 11 is 0. The summed E-state index contributed by atoms with van der Waals surface area (Å²) in [5.41, 5.74) is 19.7. The van der Waals surface area contributed by atoms with Crippen molar-refractivity contribution in [3.8, 4) is 0 Å². The minimum absolute atomic E-state index is 0.716. The molecule has 0 radical (unpaired) electrons. The Hall–Kier alpha value is -6.68. The van der Waals surface area contributed by atoms with Gasteiger partial charge in [-0.05, 0) is 168 Å². The molecule has 0 fully saturated rings. The van der Waals surface area contributed by atoms with Crippen LogP contribution in [0, 0.1) is 0 Å². The van der Waals surface area contributed by atoms with Crippen LogP contribution in [0.5, 0.6) is 0 Å². The van der Waals surface area contributed by atoms with Crippen molar-refractivity contribution in [1.82, 2.24) is 17.9 Å². The van der Waals surface area contributed by atoms with E-state index in [1.807, 2.05) is 0 Å². The van der Waals surface area contributed by atoms with Gasteiger partial charge in [0.05, 0.1) is 130 Å². The zero-order chi connectivity index (χ0) is 45.3. The van der Waals surface area contributed by atoms with Gasteiger partial charge in [-0.1, -0.05) is 0 Å². The molecule has 8 nitrogen and oxygen atoms in total. The standard InChI is InChI=1S/C56H60N8/c1-61(2,3)41-21-13-37(14-22-41)53-45-29-31-47(57-45)54(38-15-23-42(24-16-38)62(4,5)6)49-33-35-51(59-49)56(40-19-27-44(28-20-40)64(10,11)12)52-36-34-50(60-52)55(48-32-30-46(53)58-48)39-17-25-43(26-18-39)63(7,8)9/h13-36H,1-12H3/q+4. The Balaban J connectivity index is 1.33. The molecule has 0 saturated heterocycles. The Morgan fingerprint density at radius 1 is 0.234 bits per heavy atom. The van der Waals surface area contributed by atoms with Gasteiger partial charge in [0.1, 0.15) is 22.7 Å². The minimum atomic E-state index is 0.716. The van der Waals surface area contributed by atoms with Crippen LogP contribution in [0.2, 0.25) is 0 Å². The van der Waals surface area contributed by atoms with Gasteiger partial charge in [0, 0.05) is 22.3 Å². The van der Waals surface area contributed by atoms with Crippen molar-refractivity contribution < 1.29 is 0 Å². The summed E-state index contributed by atoms with van der Waals surface area (Å²) in [6.45, 7) is 0. The highest BCUT2D eigenvalue weighted by atomic mass is 15.3. The first-order chi connectivity index (χ1) is 30.2. The van der Waals surface area contributed by atoms with E-state index in [1.165, 1.54) is 22.7 Å². The lowest BCUT2D eigenvalue weighted by molar-refractivity contribution is 0.486. The quantitative estimate of drug-likeness (QED) is 0.159. The van der Waals surface area contributed by atoms with Gasteiger partial charge in [-0.2, -0.15) is 0 Å². The van der Waals surface area contributed by atoms with Crippen molar-refractivity contribution in [1.29, 1.82) is 0 Å². The summed E-state index contributed by atoms with van der Waals surface area (Å²) in [6.07, 6.45) is 17.1. The normalized spacial score (nSPS) is 17.6. The molecule has 5 aliphatic rings. The third kappa shape index (κ3) is 8.17. The molecule has 64 heavy (non-hydrogen) atoms. The SMILES string of the molecule is C[N+](C)(C)c1ccc(C2=C3C=CC(=N3)C(c3ccc([N+](C)(C)C)cc3)=C3C=CC(=N3)C(c3ccc([N+](C)(C)C)cc3)=C3C=CC(=N3)C(c3ccc([N+](C)(C)C)cc3)=C3C=CC2=N3)cc1. The maximum Gasteiger partial charge on any atom is 0.132 e. The zero-order valence-electron chi connectivity index (χ0n) is 39.4. The number of nitrogens with zero attached hydrogens (tertiary/aromatic N) is 8. The second kappa shape index (κ2) is 15.5. The van der Waals surface area contributed by atoms with Crippen LogP contribution in [-0.2, 0) is 0 Å². The van der Waals surface area contributed by atoms with Crippen LogP contribution in [0.25, 0.3) is 22.3 Å². The molecule has 320 valence electrons. The molecule has 0 spiro atoms. The van der Waals surface area contributed by atoms with E-state index in [4.69, 9.17) is 20.0 Å². The Labute approximate surface area is 379 Å². The highest BCUT2D eigenvalue weighted by Crippen LogP contribution is 2.40. The maximum atomic E-state index is 5.50. The van der Waals surface area contributed by atoms with Crippen LogP contribution in [0.3, 0.4) is 0 Å². The van der Waals surface area contributed by atoms with E-state index < -0.39 is 0 Å². The smallest absolute Gasteiger partial charge is 0.132 e. The fraction of sp³-hybridized carbons (Fsp3) is 0.214. The zero-order valence-corrected chi connectivity index (χ0v) is 39.4. The summed E-state index contributed by atoms with van der Waals surface area (Å²) in [7, 11) is 26.3. The summed E-state index contributed by atoms with van der Waals surface area (Å²) < 4.78 is 2.86. The third-order valence-corrected chi connectivity index (χ3v) is 12.3. The Bertz CT molecular complexity index is 2560. The number of benzene rings is 4. The van der Waals surface area contributed by atoms with Gasteiger partial charge in [0.15, 0.2) is 0 Å². The van der Waals surface area contributed by atoms with Gasteiger partial charge in [-0.3, -0.25) is 17.9 Å². The second-order valence-electron chi connectivity index (χ2n) is 20.6. The van der Waals surface area contributed by atoms with Crippen LogP contribution < -0.4 is 17.9 Å². The molecule has 4 aromatic carbocycles. The Morgan fingerprint density at radius 3 is 0.562 bits per heavy atom. The molecule has 9 rings (SSSR count). The predicted molar refractivity (Wildman–Crippen MR) is 278 cm³/mol. The highest BCUT2D eigenvalue weighted by molar-refractivity contribution is 6.39. The van der Waals surface area contributed by atoms with E-state index in [9.17, 15) is 0 Å². The van der Waals surface area contributed by atoms with E-state index in [2.05, 4.69) is 230 Å². The van der Waals surface area contributed by atoms with Crippen molar-refractivity contribution in [3.63, 3.8) is 0 Å². The lowest BCUT2D eigenvalue weighted by atomic mass is 9.98. The van der Waals surface area contributed by atoms with Crippen LogP contribution in [0.4, 0.5) is 22.7 Å². The molecule has 5 heterocycles. The number of allylic oxidation sites excluding steroid dienone is 12. The lowest BCUT2D eigenvalue weighted by Gasteiger charge is -2.23. The molecule has 0 atom stereocenters. The number of aliphatic imine (C=N–C) groups is 4. The fourth-order valence-electron chi connectivity index (χ4n) is 8.57. The van der Waals surface area contributed by atoms with E-state index in [-0.39, 0.29) is 0 Å². The van der Waals surface area contributed by atoms with Gasteiger partial charge in [0.25, 0.3) is 0 Å². The molecule has 4 aromatic rings. The van der Waals surface area contributed by atoms with Crippen molar-refractivity contribution in [3.05, 3.63) is 191 Å². The van der Waals surface area contributed by atoms with Gasteiger partial charge in [0.2, 0.25) is 0 Å². The van der Waals surface area contributed by atoms with Gasteiger partial charge < -0.3 is 0 Å². The first-order valence-corrected chi connectivity index (χ1v) is 22.0. The molecular weight excluding hydrogens is 785 g/mol. The predicted octanol–water partition coefficient (Wildman–Crippen LogP) is 10.5. The number of rotatable bonds is 8. The van der Waals surface area contributed by atoms with E-state index in [0.29, 0.717) is 17.9 Å². The molecule has 0 unspecified atom stereocenters. The molecule has 8 heteroatoms. The maximum absolute atomic E-state index is 5.50. The van der Waals surface area contributed by atoms with Gasteiger partial charge in [-0.25, -0.2) is 20.0 Å². The van der Waals surface area contributed by atoms with E-state index in [1.54, 1.807) is 0 Å². The molecular formula is C56H60N8+4. The number of quaternary nitrogens is 4. The first kappa shape index (κ1) is 42.6. The van der Waals surface area contributed by atoms with Crippen LogP contribution >= 0.6 is 0 Å². The highest BCUT2D eigenvalue weighted by Gasteiger charge is 2.29. The average Bonchev–Trinajstić information content (AvgIpc) is 4.08. The number of hydrogen-bond acceptors (Lipinski definition) is 4. The largest absolute Gasteiger partial charge is 0.298 e. The molecule has 0 saturated carbocycles. The first-order valence-electron chi connectivity index (χ1n) is 22.0. The molecule has 0 N–H and O–H groups in total. The van der Waals surface area contributed by atoms with Crippen molar-refractivity contribution in [2.24, 2.45) is 20.0 Å². The molecule has 0 amide bonds. The summed E-state index contributed by atoms with van der Waals surface area (Å²) in [6, 6.07) is 35.3. The van der Waals surface area contributed by atoms with Crippen molar-refractivity contribution in [2.45, 2.75) is 0 Å². The molecule has 8 bridgehead atoms. The van der Waals surface area contributed by atoms with Crippen LogP contribution in [0.15, 0.2) is 188 Å². The summed E-state index contributed by atoms with van der Waals surface area (Å²) in [4.78, 5) is 22.0.